The highest BCUT2D eigenvalue weighted by Crippen LogP contribution is 2.32. The maximum Gasteiger partial charge on any atom is 0.227 e. The number of nitrogens with one attached hydrogen (secondary N) is 1. The Kier molecular flexibility index (Phi) is 4.91. The number of nitrogens with zero attached hydrogens (tertiary/aromatic N) is 2. The molecule has 1 aliphatic rings. The Bertz CT molecular complexity index is 953. The van der Waals surface area contributed by atoms with Gasteiger partial charge >= 0.3 is 0 Å². The summed E-state index contributed by atoms with van der Waals surface area (Å²) in [4.78, 5) is 19.1. The number of hydrogen-bond donors (Lipinski definition) is 1. The van der Waals surface area contributed by atoms with Gasteiger partial charge in [-0.25, -0.2) is 9.37 Å². The van der Waals surface area contributed by atoms with Crippen molar-refractivity contribution in [3.63, 3.8) is 0 Å². The number of hydrogen-bond acceptors (Lipinski definition) is 4. The summed E-state index contributed by atoms with van der Waals surface area (Å²) in [6, 6.07) is 12.6. The molecule has 0 radical (unpaired) electrons. The van der Waals surface area contributed by atoms with Crippen molar-refractivity contribution < 1.29 is 9.18 Å². The van der Waals surface area contributed by atoms with Crippen molar-refractivity contribution in [2.24, 2.45) is 5.92 Å². The van der Waals surface area contributed by atoms with Gasteiger partial charge in [-0.3, -0.25) is 4.79 Å². The van der Waals surface area contributed by atoms with Gasteiger partial charge in [-0.15, -0.1) is 0 Å². The number of anilines is 2. The van der Waals surface area contributed by atoms with E-state index < -0.39 is 0 Å². The maximum atomic E-state index is 13.8. The largest absolute Gasteiger partial charge is 0.348 e. The zero-order valence-electron chi connectivity index (χ0n) is 13.9. The molecule has 26 heavy (non-hydrogen) atoms. The van der Waals surface area contributed by atoms with Crippen LogP contribution < -0.4 is 10.2 Å². The molecule has 2 heterocycles. The predicted octanol–water partition coefficient (Wildman–Crippen LogP) is 5.05. The van der Waals surface area contributed by atoms with E-state index in [0.29, 0.717) is 5.52 Å². The van der Waals surface area contributed by atoms with Gasteiger partial charge in [0.1, 0.15) is 11.3 Å². The SMILES string of the molecule is O=C(Nc1cccc(Br)c1)C1CCN(c2nc3c(F)cccc3s2)CC1. The molecule has 1 amide bonds. The van der Waals surface area contributed by atoms with Gasteiger partial charge in [-0.2, -0.15) is 0 Å². The van der Waals surface area contributed by atoms with E-state index in [0.717, 1.165) is 45.9 Å². The topological polar surface area (TPSA) is 45.2 Å². The molecular formula is C19H17BrFN3OS. The van der Waals surface area contributed by atoms with Crippen molar-refractivity contribution in [2.45, 2.75) is 12.8 Å². The van der Waals surface area contributed by atoms with E-state index in [9.17, 15) is 9.18 Å². The summed E-state index contributed by atoms with van der Waals surface area (Å²) >= 11 is 4.91. The molecule has 1 saturated heterocycles. The Hall–Kier alpha value is -1.99. The highest BCUT2D eigenvalue weighted by atomic mass is 79.9. The Morgan fingerprint density at radius 2 is 2.00 bits per heavy atom. The zero-order valence-corrected chi connectivity index (χ0v) is 16.3. The van der Waals surface area contributed by atoms with Crippen molar-refractivity contribution in [3.05, 3.63) is 52.8 Å². The molecular weight excluding hydrogens is 417 g/mol. The lowest BCUT2D eigenvalue weighted by Gasteiger charge is -2.31. The molecule has 3 aromatic rings. The van der Waals surface area contributed by atoms with Crippen LogP contribution in [0.5, 0.6) is 0 Å². The van der Waals surface area contributed by atoms with E-state index in [1.165, 1.54) is 17.4 Å². The predicted molar refractivity (Wildman–Crippen MR) is 107 cm³/mol. The van der Waals surface area contributed by atoms with Crippen LogP contribution in [-0.2, 0) is 4.79 Å². The second kappa shape index (κ2) is 7.32. The van der Waals surface area contributed by atoms with E-state index >= 15 is 0 Å². The first kappa shape index (κ1) is 17.4. The van der Waals surface area contributed by atoms with E-state index in [-0.39, 0.29) is 17.6 Å². The number of para-hydroxylation sites is 1. The van der Waals surface area contributed by atoms with Crippen LogP contribution in [0, 0.1) is 11.7 Å². The number of rotatable bonds is 3. The van der Waals surface area contributed by atoms with Crippen LogP contribution in [0.15, 0.2) is 46.9 Å². The maximum absolute atomic E-state index is 13.8. The van der Waals surface area contributed by atoms with Crippen molar-refractivity contribution in [1.82, 2.24) is 4.98 Å². The third-order valence-corrected chi connectivity index (χ3v) is 6.16. The number of benzene rings is 2. The first-order valence-electron chi connectivity index (χ1n) is 8.46. The molecule has 1 aromatic heterocycles. The molecule has 134 valence electrons. The summed E-state index contributed by atoms with van der Waals surface area (Å²) < 4.78 is 15.6. The van der Waals surface area contributed by atoms with Crippen LogP contribution >= 0.6 is 27.3 Å². The number of amides is 1. The van der Waals surface area contributed by atoms with Crippen LogP contribution in [0.3, 0.4) is 0 Å². The van der Waals surface area contributed by atoms with Crippen LogP contribution in [0.25, 0.3) is 10.2 Å². The lowest BCUT2D eigenvalue weighted by molar-refractivity contribution is -0.120. The molecule has 1 N–H and O–H groups in total. The molecule has 0 atom stereocenters. The van der Waals surface area contributed by atoms with Gasteiger partial charge in [-0.05, 0) is 43.2 Å². The number of fused-ring (bicyclic) bond motifs is 1. The molecule has 1 fully saturated rings. The molecule has 0 saturated carbocycles. The van der Waals surface area contributed by atoms with Gasteiger partial charge in [0.15, 0.2) is 5.13 Å². The van der Waals surface area contributed by atoms with Crippen molar-refractivity contribution in [1.29, 1.82) is 0 Å². The number of thiazole rings is 1. The van der Waals surface area contributed by atoms with Gasteiger partial charge in [0, 0.05) is 29.2 Å². The summed E-state index contributed by atoms with van der Waals surface area (Å²) in [7, 11) is 0. The van der Waals surface area contributed by atoms with E-state index in [2.05, 4.69) is 31.1 Å². The molecule has 4 nitrogen and oxygen atoms in total. The minimum Gasteiger partial charge on any atom is -0.348 e. The highest BCUT2D eigenvalue weighted by molar-refractivity contribution is 9.10. The highest BCUT2D eigenvalue weighted by Gasteiger charge is 2.26. The normalized spacial score (nSPS) is 15.4. The molecule has 0 unspecified atom stereocenters. The van der Waals surface area contributed by atoms with Crippen LogP contribution in [-0.4, -0.2) is 24.0 Å². The number of piperidine rings is 1. The molecule has 7 heteroatoms. The smallest absolute Gasteiger partial charge is 0.227 e. The minimum atomic E-state index is -0.284. The molecule has 2 aromatic carbocycles. The fourth-order valence-electron chi connectivity index (χ4n) is 3.18. The standard InChI is InChI=1S/C19H17BrFN3OS/c20-13-3-1-4-14(11-13)22-18(25)12-7-9-24(10-8-12)19-23-17-15(21)5-2-6-16(17)26-19/h1-6,11-12H,7-10H2,(H,22,25). The molecule has 0 bridgehead atoms. The lowest BCUT2D eigenvalue weighted by Crippen LogP contribution is -2.38. The minimum absolute atomic E-state index is 0.0173. The molecule has 1 aliphatic heterocycles. The summed E-state index contributed by atoms with van der Waals surface area (Å²) in [5.41, 5.74) is 1.23. The first-order valence-corrected chi connectivity index (χ1v) is 10.1. The molecule has 0 aliphatic carbocycles. The zero-order chi connectivity index (χ0) is 18.1. The van der Waals surface area contributed by atoms with Crippen LogP contribution in [0.1, 0.15) is 12.8 Å². The van der Waals surface area contributed by atoms with Gasteiger partial charge in [0.05, 0.1) is 4.70 Å². The van der Waals surface area contributed by atoms with Crippen molar-refractivity contribution in [3.8, 4) is 0 Å². The molecule has 4 rings (SSSR count). The van der Waals surface area contributed by atoms with Crippen molar-refractivity contribution >= 4 is 54.2 Å². The van der Waals surface area contributed by atoms with Gasteiger partial charge in [-0.1, -0.05) is 39.4 Å². The Morgan fingerprint density at radius 1 is 1.23 bits per heavy atom. The Balaban J connectivity index is 1.40. The van der Waals surface area contributed by atoms with E-state index in [4.69, 9.17) is 0 Å². The molecule has 0 spiro atoms. The average Bonchev–Trinajstić information content (AvgIpc) is 3.08. The van der Waals surface area contributed by atoms with Crippen LogP contribution in [0.2, 0.25) is 0 Å². The fourth-order valence-corrected chi connectivity index (χ4v) is 4.61. The number of carbonyl (C=O) groups excluding carboxylic acids is 1. The monoisotopic (exact) mass is 433 g/mol. The number of carbonyl (C=O) groups is 1. The van der Waals surface area contributed by atoms with Gasteiger partial charge < -0.3 is 10.2 Å². The summed E-state index contributed by atoms with van der Waals surface area (Å²) in [6.45, 7) is 1.50. The Morgan fingerprint density at radius 3 is 2.73 bits per heavy atom. The number of halogens is 2. The Labute approximate surface area is 163 Å². The lowest BCUT2D eigenvalue weighted by atomic mass is 9.96. The van der Waals surface area contributed by atoms with E-state index in [1.54, 1.807) is 6.07 Å². The van der Waals surface area contributed by atoms with Crippen molar-refractivity contribution in [2.75, 3.05) is 23.3 Å². The summed E-state index contributed by atoms with van der Waals surface area (Å²) in [5, 5.41) is 3.82. The third kappa shape index (κ3) is 3.59. The fraction of sp³-hybridized carbons (Fsp3) is 0.263. The summed E-state index contributed by atoms with van der Waals surface area (Å²) in [5.74, 6) is -0.247. The summed E-state index contributed by atoms with van der Waals surface area (Å²) in [6.07, 6.45) is 1.52. The van der Waals surface area contributed by atoms with E-state index in [1.807, 2.05) is 30.3 Å². The first-order chi connectivity index (χ1) is 12.6. The third-order valence-electron chi connectivity index (χ3n) is 4.59. The average molecular weight is 434 g/mol. The van der Waals surface area contributed by atoms with Gasteiger partial charge in [0.25, 0.3) is 0 Å². The van der Waals surface area contributed by atoms with Gasteiger partial charge in [0.2, 0.25) is 5.91 Å². The van der Waals surface area contributed by atoms with Crippen LogP contribution in [0.4, 0.5) is 15.2 Å². The second-order valence-corrected chi connectivity index (χ2v) is 8.27. The number of aromatic nitrogens is 1. The quantitative estimate of drug-likeness (QED) is 0.628. The second-order valence-electron chi connectivity index (χ2n) is 6.34.